The van der Waals surface area contributed by atoms with Crippen molar-refractivity contribution in [3.63, 3.8) is 0 Å². The van der Waals surface area contributed by atoms with Gasteiger partial charge in [-0.2, -0.15) is 0 Å². The minimum Gasteiger partial charge on any atom is -0.351 e. The predicted octanol–water partition coefficient (Wildman–Crippen LogP) is 3.62. The average Bonchev–Trinajstić information content (AvgIpc) is 2.14. The molecular weight excluding hydrogens is 345 g/mol. The minimum atomic E-state index is -0.107. The molecule has 1 N–H and O–H groups in total. The van der Waals surface area contributed by atoms with Gasteiger partial charge in [0.15, 0.2) is 0 Å². The van der Waals surface area contributed by atoms with E-state index in [1.165, 1.54) is 0 Å². The van der Waals surface area contributed by atoms with Crippen molar-refractivity contribution in [1.82, 2.24) is 5.32 Å². The highest BCUT2D eigenvalue weighted by Crippen LogP contribution is 2.21. The molecule has 0 saturated carbocycles. The van der Waals surface area contributed by atoms with Crippen LogP contribution in [0.1, 0.15) is 17.3 Å². The van der Waals surface area contributed by atoms with Gasteiger partial charge in [0.05, 0.1) is 5.56 Å². The first-order valence-corrected chi connectivity index (χ1v) is 6.46. The van der Waals surface area contributed by atoms with Gasteiger partial charge < -0.3 is 5.32 Å². The molecule has 0 bridgehead atoms. The Hall–Kier alpha value is -0.0600. The van der Waals surface area contributed by atoms with E-state index in [2.05, 4.69) is 37.2 Å². The van der Waals surface area contributed by atoms with Gasteiger partial charge in [-0.25, -0.2) is 0 Å². The van der Waals surface area contributed by atoms with Crippen LogP contribution in [0.15, 0.2) is 22.7 Å². The number of hydrogen-bond acceptors (Lipinski definition) is 1. The third-order valence-corrected chi connectivity index (χ3v) is 2.93. The summed E-state index contributed by atoms with van der Waals surface area (Å²) in [5.41, 5.74) is 0.590. The fourth-order valence-corrected chi connectivity index (χ4v) is 2.03. The highest BCUT2D eigenvalue weighted by atomic mass is 79.9. The number of hydrogen-bond donors (Lipinski definition) is 1. The largest absolute Gasteiger partial charge is 0.351 e. The van der Waals surface area contributed by atoms with Gasteiger partial charge in [-0.05, 0) is 34.1 Å². The lowest BCUT2D eigenvalue weighted by atomic mass is 10.2. The van der Waals surface area contributed by atoms with Crippen molar-refractivity contribution >= 4 is 49.4 Å². The SMILES string of the molecule is CC(Br)CNC(=O)c1ccc(Cl)cc1Br. The van der Waals surface area contributed by atoms with Crippen LogP contribution >= 0.6 is 43.5 Å². The normalized spacial score (nSPS) is 12.3. The standard InChI is InChI=1S/C10H10Br2ClNO/c1-6(11)5-14-10(15)8-3-2-7(13)4-9(8)12/h2-4,6H,5H2,1H3,(H,14,15). The average molecular weight is 355 g/mol. The van der Waals surface area contributed by atoms with Crippen LogP contribution in [0.4, 0.5) is 0 Å². The number of benzene rings is 1. The third kappa shape index (κ3) is 4.13. The topological polar surface area (TPSA) is 29.1 Å². The first-order chi connectivity index (χ1) is 7.00. The third-order valence-electron chi connectivity index (χ3n) is 1.72. The van der Waals surface area contributed by atoms with Gasteiger partial charge in [0.25, 0.3) is 5.91 Å². The van der Waals surface area contributed by atoms with Crippen molar-refractivity contribution in [2.75, 3.05) is 6.54 Å². The molecule has 0 heterocycles. The number of nitrogens with one attached hydrogen (secondary N) is 1. The van der Waals surface area contributed by atoms with Crippen molar-refractivity contribution in [3.8, 4) is 0 Å². The Morgan fingerprint density at radius 1 is 1.60 bits per heavy atom. The zero-order valence-corrected chi connectivity index (χ0v) is 12.0. The number of carbonyl (C=O) groups excluding carboxylic acids is 1. The molecule has 1 aromatic rings. The number of amides is 1. The Morgan fingerprint density at radius 3 is 2.80 bits per heavy atom. The van der Waals surface area contributed by atoms with Crippen molar-refractivity contribution in [3.05, 3.63) is 33.3 Å². The molecule has 1 aromatic carbocycles. The molecule has 0 saturated heterocycles. The molecule has 1 rings (SSSR count). The van der Waals surface area contributed by atoms with Gasteiger partial charge in [-0.15, -0.1) is 0 Å². The Morgan fingerprint density at radius 2 is 2.27 bits per heavy atom. The lowest BCUT2D eigenvalue weighted by Crippen LogP contribution is -2.28. The minimum absolute atomic E-state index is 0.107. The molecule has 1 amide bonds. The van der Waals surface area contributed by atoms with Crippen LogP contribution in [-0.4, -0.2) is 17.3 Å². The summed E-state index contributed by atoms with van der Waals surface area (Å²) in [6, 6.07) is 5.09. The van der Waals surface area contributed by atoms with Gasteiger partial charge in [-0.1, -0.05) is 34.5 Å². The molecule has 1 unspecified atom stereocenters. The fraction of sp³-hybridized carbons (Fsp3) is 0.300. The molecule has 0 aliphatic rings. The van der Waals surface area contributed by atoms with Crippen molar-refractivity contribution in [2.24, 2.45) is 0 Å². The van der Waals surface area contributed by atoms with Crippen LogP contribution in [0.2, 0.25) is 5.02 Å². The summed E-state index contributed by atoms with van der Waals surface area (Å²) in [5, 5.41) is 3.40. The lowest BCUT2D eigenvalue weighted by molar-refractivity contribution is 0.0953. The Labute approximate surface area is 111 Å². The van der Waals surface area contributed by atoms with Crippen LogP contribution in [0.3, 0.4) is 0 Å². The van der Waals surface area contributed by atoms with E-state index in [0.29, 0.717) is 21.6 Å². The van der Waals surface area contributed by atoms with Crippen LogP contribution < -0.4 is 5.32 Å². The molecule has 0 aromatic heterocycles. The van der Waals surface area contributed by atoms with Crippen LogP contribution in [0.25, 0.3) is 0 Å². The van der Waals surface area contributed by atoms with Crippen molar-refractivity contribution in [1.29, 1.82) is 0 Å². The molecule has 0 aliphatic carbocycles. The molecule has 0 spiro atoms. The maximum absolute atomic E-state index is 11.7. The first-order valence-electron chi connectivity index (χ1n) is 4.38. The molecule has 0 radical (unpaired) electrons. The number of alkyl halides is 1. The highest BCUT2D eigenvalue weighted by Gasteiger charge is 2.10. The number of halogens is 3. The molecule has 5 heteroatoms. The maximum Gasteiger partial charge on any atom is 0.252 e. The summed E-state index contributed by atoms with van der Waals surface area (Å²) in [7, 11) is 0. The summed E-state index contributed by atoms with van der Waals surface area (Å²) in [5.74, 6) is -0.107. The van der Waals surface area contributed by atoms with Crippen LogP contribution in [0.5, 0.6) is 0 Å². The van der Waals surface area contributed by atoms with E-state index in [9.17, 15) is 4.79 Å². The van der Waals surface area contributed by atoms with Crippen LogP contribution in [0, 0.1) is 0 Å². The summed E-state index contributed by atoms with van der Waals surface area (Å²) < 4.78 is 0.703. The summed E-state index contributed by atoms with van der Waals surface area (Å²) >= 11 is 12.4. The zero-order chi connectivity index (χ0) is 11.4. The Balaban J connectivity index is 2.74. The lowest BCUT2D eigenvalue weighted by Gasteiger charge is -2.08. The quantitative estimate of drug-likeness (QED) is 0.825. The zero-order valence-electron chi connectivity index (χ0n) is 8.06. The maximum atomic E-state index is 11.7. The van der Waals surface area contributed by atoms with Gasteiger partial charge in [0, 0.05) is 20.9 Å². The van der Waals surface area contributed by atoms with E-state index >= 15 is 0 Å². The van der Waals surface area contributed by atoms with Gasteiger partial charge in [0.2, 0.25) is 0 Å². The van der Waals surface area contributed by atoms with Gasteiger partial charge in [0.1, 0.15) is 0 Å². The second kappa shape index (κ2) is 5.87. The van der Waals surface area contributed by atoms with Crippen molar-refractivity contribution in [2.45, 2.75) is 11.8 Å². The van der Waals surface area contributed by atoms with E-state index in [4.69, 9.17) is 11.6 Å². The molecule has 2 nitrogen and oxygen atoms in total. The monoisotopic (exact) mass is 353 g/mol. The van der Waals surface area contributed by atoms with Gasteiger partial charge in [-0.3, -0.25) is 4.79 Å². The van der Waals surface area contributed by atoms with E-state index in [1.807, 2.05) is 6.92 Å². The summed E-state index contributed by atoms with van der Waals surface area (Å²) in [4.78, 5) is 11.9. The highest BCUT2D eigenvalue weighted by molar-refractivity contribution is 9.10. The van der Waals surface area contributed by atoms with E-state index in [1.54, 1.807) is 18.2 Å². The molecule has 0 fully saturated rings. The van der Waals surface area contributed by atoms with Crippen molar-refractivity contribution < 1.29 is 4.79 Å². The molecular formula is C10H10Br2ClNO. The van der Waals surface area contributed by atoms with Gasteiger partial charge >= 0.3 is 0 Å². The smallest absolute Gasteiger partial charge is 0.252 e. The second-order valence-electron chi connectivity index (χ2n) is 3.11. The second-order valence-corrected chi connectivity index (χ2v) is 5.97. The molecule has 1 atom stereocenters. The first kappa shape index (κ1) is 13.0. The van der Waals surface area contributed by atoms with Crippen LogP contribution in [-0.2, 0) is 0 Å². The van der Waals surface area contributed by atoms with E-state index < -0.39 is 0 Å². The molecule has 15 heavy (non-hydrogen) atoms. The van der Waals surface area contributed by atoms with E-state index in [0.717, 1.165) is 0 Å². The number of rotatable bonds is 3. The summed E-state index contributed by atoms with van der Waals surface area (Å²) in [6.45, 7) is 2.56. The Bertz CT molecular complexity index is 368. The fourth-order valence-electron chi connectivity index (χ4n) is 1.00. The molecule has 82 valence electrons. The number of carbonyl (C=O) groups is 1. The predicted molar refractivity (Wildman–Crippen MR) is 69.9 cm³/mol. The van der Waals surface area contributed by atoms with E-state index in [-0.39, 0.29) is 10.7 Å². The Kier molecular flexibility index (Phi) is 5.09. The molecule has 0 aliphatic heterocycles. The summed E-state index contributed by atoms with van der Waals surface area (Å²) in [6.07, 6.45) is 0.